The van der Waals surface area contributed by atoms with Gasteiger partial charge in [0.15, 0.2) is 23.0 Å². The highest BCUT2D eigenvalue weighted by atomic mass is 16.4. The molecule has 4 atom stereocenters. The number of rotatable bonds is 23. The molecule has 0 aromatic heterocycles. The van der Waals surface area contributed by atoms with Crippen LogP contribution >= 0.6 is 0 Å². The molecule has 6 nitrogen and oxygen atoms in total. The van der Waals surface area contributed by atoms with E-state index in [-0.39, 0.29) is 6.42 Å². The summed E-state index contributed by atoms with van der Waals surface area (Å²) in [5.74, 6) is -3.78. The summed E-state index contributed by atoms with van der Waals surface area (Å²) < 4.78 is 0. The van der Waals surface area contributed by atoms with Gasteiger partial charge < -0.3 is 15.3 Å². The lowest BCUT2D eigenvalue weighted by molar-refractivity contribution is -0.198. The number of aliphatic hydroxyl groups excluding tert-OH is 1. The van der Waals surface area contributed by atoms with E-state index in [1.807, 2.05) is 13.8 Å². The van der Waals surface area contributed by atoms with Crippen molar-refractivity contribution in [3.63, 3.8) is 0 Å². The van der Waals surface area contributed by atoms with Gasteiger partial charge in [-0.1, -0.05) is 98.8 Å². The number of carbonyl (C=O) groups is 3. The van der Waals surface area contributed by atoms with Gasteiger partial charge in [-0.25, -0.2) is 0 Å². The number of Topliss-reactive ketones (excluding diaryl/α,β-unsaturated/α-hetero) is 3. The van der Waals surface area contributed by atoms with Crippen LogP contribution in [0.2, 0.25) is 0 Å². The van der Waals surface area contributed by atoms with E-state index in [9.17, 15) is 29.7 Å². The second kappa shape index (κ2) is 18.2. The minimum atomic E-state index is -2.94. The average Bonchev–Trinajstić information content (AvgIpc) is 2.87. The van der Waals surface area contributed by atoms with Gasteiger partial charge in [0.05, 0.1) is 6.61 Å². The summed E-state index contributed by atoms with van der Waals surface area (Å²) in [5.41, 5.74) is -5.77. The van der Waals surface area contributed by atoms with Crippen molar-refractivity contribution in [2.45, 2.75) is 149 Å². The Bertz CT molecular complexity index is 618. The summed E-state index contributed by atoms with van der Waals surface area (Å²) >= 11 is 0. The smallest absolute Gasteiger partial charge is 0.219 e. The Kier molecular flexibility index (Phi) is 17.6. The maximum absolute atomic E-state index is 13.7. The lowest BCUT2D eigenvalue weighted by Crippen LogP contribution is -2.71. The molecule has 0 heterocycles. The van der Waals surface area contributed by atoms with Crippen LogP contribution in [0.15, 0.2) is 0 Å². The highest BCUT2D eigenvalue weighted by molar-refractivity contribution is 6.17. The van der Waals surface area contributed by atoms with Crippen molar-refractivity contribution >= 4 is 17.3 Å². The number of carbonyl (C=O) groups excluding carboxylic acids is 3. The zero-order valence-electron chi connectivity index (χ0n) is 23.2. The van der Waals surface area contributed by atoms with Gasteiger partial charge in [-0.3, -0.25) is 14.4 Å². The van der Waals surface area contributed by atoms with Crippen molar-refractivity contribution in [1.29, 1.82) is 0 Å². The molecule has 4 unspecified atom stereocenters. The van der Waals surface area contributed by atoms with Gasteiger partial charge >= 0.3 is 0 Å². The van der Waals surface area contributed by atoms with Crippen LogP contribution in [-0.2, 0) is 14.4 Å². The molecule has 35 heavy (non-hydrogen) atoms. The molecule has 0 spiro atoms. The number of hydrogen-bond acceptors (Lipinski definition) is 6. The average molecular weight is 499 g/mol. The first-order chi connectivity index (χ1) is 16.7. The third-order valence-corrected chi connectivity index (χ3v) is 7.54. The van der Waals surface area contributed by atoms with E-state index in [4.69, 9.17) is 0 Å². The predicted octanol–water partition coefficient (Wildman–Crippen LogP) is 5.72. The van der Waals surface area contributed by atoms with E-state index in [1.165, 1.54) is 6.42 Å². The Balaban J connectivity index is 6.04. The van der Waals surface area contributed by atoms with Crippen molar-refractivity contribution in [3.05, 3.63) is 0 Å². The molecule has 206 valence electrons. The maximum atomic E-state index is 13.7. The largest absolute Gasteiger partial charge is 0.393 e. The Morgan fingerprint density at radius 3 is 1.49 bits per heavy atom. The molecule has 0 bridgehead atoms. The molecule has 3 N–H and O–H groups in total. The Morgan fingerprint density at radius 1 is 0.629 bits per heavy atom. The quantitative estimate of drug-likeness (QED) is 0.123. The van der Waals surface area contributed by atoms with Crippen molar-refractivity contribution in [2.24, 2.45) is 11.8 Å². The molecular weight excluding hydrogens is 444 g/mol. The molecule has 0 aromatic carbocycles. The van der Waals surface area contributed by atoms with Crippen molar-refractivity contribution in [3.8, 4) is 0 Å². The fourth-order valence-electron chi connectivity index (χ4n) is 4.94. The van der Waals surface area contributed by atoms with Gasteiger partial charge in [0.2, 0.25) is 5.60 Å². The van der Waals surface area contributed by atoms with Crippen LogP contribution < -0.4 is 0 Å². The Hall–Kier alpha value is -1.11. The van der Waals surface area contributed by atoms with E-state index in [0.29, 0.717) is 32.1 Å². The SMILES string of the molecule is CCCCCCCCCC(=O)C(O)(C(=O)C(CC)CCCC)C(O)(CO)C(=O)C(CC)CCCC. The van der Waals surface area contributed by atoms with Crippen molar-refractivity contribution < 1.29 is 29.7 Å². The van der Waals surface area contributed by atoms with E-state index >= 15 is 0 Å². The molecule has 6 heteroatoms. The van der Waals surface area contributed by atoms with Crippen molar-refractivity contribution in [2.75, 3.05) is 6.61 Å². The first-order valence-corrected chi connectivity index (χ1v) is 14.3. The van der Waals surface area contributed by atoms with Crippen LogP contribution in [0.3, 0.4) is 0 Å². The maximum Gasteiger partial charge on any atom is 0.219 e. The highest BCUT2D eigenvalue weighted by Crippen LogP contribution is 2.36. The third-order valence-electron chi connectivity index (χ3n) is 7.54. The van der Waals surface area contributed by atoms with Crippen LogP contribution in [0.1, 0.15) is 137 Å². The first kappa shape index (κ1) is 33.9. The van der Waals surface area contributed by atoms with Crippen LogP contribution in [0.5, 0.6) is 0 Å². The van der Waals surface area contributed by atoms with Crippen LogP contribution in [0.25, 0.3) is 0 Å². The second-order valence-electron chi connectivity index (χ2n) is 10.2. The normalized spacial score (nSPS) is 16.8. The van der Waals surface area contributed by atoms with E-state index < -0.39 is 47.0 Å². The first-order valence-electron chi connectivity index (χ1n) is 14.3. The number of hydrogen-bond donors (Lipinski definition) is 3. The highest BCUT2D eigenvalue weighted by Gasteiger charge is 2.64. The van der Waals surface area contributed by atoms with Gasteiger partial charge in [0.25, 0.3) is 0 Å². The fourth-order valence-corrected chi connectivity index (χ4v) is 4.94. The summed E-state index contributed by atoms with van der Waals surface area (Å²) in [6.45, 7) is 8.56. The molecule has 0 radical (unpaired) electrons. The molecule has 0 fully saturated rings. The van der Waals surface area contributed by atoms with Gasteiger partial charge in [0, 0.05) is 18.3 Å². The Labute approximate surface area is 214 Å². The van der Waals surface area contributed by atoms with Gasteiger partial charge in [0.1, 0.15) is 0 Å². The minimum absolute atomic E-state index is 0.110. The molecule has 0 saturated heterocycles. The summed E-state index contributed by atoms with van der Waals surface area (Å²) in [7, 11) is 0. The Morgan fingerprint density at radius 2 is 1.06 bits per heavy atom. The standard InChI is InChI=1S/C29H54O6/c1-6-11-14-15-16-17-18-21-25(31)29(35,27(33)24(10-5)20-13-8-3)28(34,22-30)26(32)23(9-4)19-12-7-2/h23-24,30,34-35H,6-22H2,1-5H3. The van der Waals surface area contributed by atoms with E-state index in [0.717, 1.165) is 57.8 Å². The predicted molar refractivity (Wildman–Crippen MR) is 141 cm³/mol. The van der Waals surface area contributed by atoms with Crippen LogP contribution in [0, 0.1) is 11.8 Å². The minimum Gasteiger partial charge on any atom is -0.393 e. The third kappa shape index (κ3) is 9.36. The molecular formula is C29H54O6. The van der Waals surface area contributed by atoms with E-state index in [2.05, 4.69) is 6.92 Å². The summed E-state index contributed by atoms with van der Waals surface area (Å²) in [4.78, 5) is 40.7. The lowest BCUT2D eigenvalue weighted by Gasteiger charge is -2.42. The molecule has 0 saturated carbocycles. The van der Waals surface area contributed by atoms with Gasteiger partial charge in [-0.15, -0.1) is 0 Å². The monoisotopic (exact) mass is 498 g/mol. The molecule has 0 rings (SSSR count). The summed E-state index contributed by atoms with van der Waals surface area (Å²) in [5, 5.41) is 33.5. The van der Waals surface area contributed by atoms with Crippen LogP contribution in [0.4, 0.5) is 0 Å². The molecule has 0 aliphatic carbocycles. The van der Waals surface area contributed by atoms with Gasteiger partial charge in [-0.2, -0.15) is 0 Å². The second-order valence-corrected chi connectivity index (χ2v) is 10.2. The lowest BCUT2D eigenvalue weighted by atomic mass is 9.66. The topological polar surface area (TPSA) is 112 Å². The zero-order chi connectivity index (χ0) is 26.9. The summed E-state index contributed by atoms with van der Waals surface area (Å²) in [6, 6.07) is 0. The molecule has 0 aliphatic rings. The molecule has 0 aliphatic heterocycles. The van der Waals surface area contributed by atoms with Crippen molar-refractivity contribution in [1.82, 2.24) is 0 Å². The van der Waals surface area contributed by atoms with Crippen LogP contribution in [-0.4, -0.2) is 50.5 Å². The number of ketones is 3. The molecule has 0 amide bonds. The number of unbranched alkanes of at least 4 members (excludes halogenated alkanes) is 8. The van der Waals surface area contributed by atoms with E-state index in [1.54, 1.807) is 13.8 Å². The number of aliphatic hydroxyl groups is 3. The molecule has 0 aromatic rings. The summed E-state index contributed by atoms with van der Waals surface area (Å²) in [6.07, 6.45) is 11.5. The zero-order valence-corrected chi connectivity index (χ0v) is 23.2. The van der Waals surface area contributed by atoms with Gasteiger partial charge in [-0.05, 0) is 32.1 Å². The fraction of sp³-hybridized carbons (Fsp3) is 0.897.